The molecular formula is C17H18ClNO3. The Balaban J connectivity index is 2.11. The van der Waals surface area contributed by atoms with Crippen LogP contribution in [0, 0.1) is 0 Å². The zero-order chi connectivity index (χ0) is 16.0. The van der Waals surface area contributed by atoms with Crippen LogP contribution in [0.3, 0.4) is 0 Å². The van der Waals surface area contributed by atoms with Crippen molar-refractivity contribution in [1.29, 1.82) is 0 Å². The standard InChI is InChI=1S/C17H18ClNO3/c1-22-12-17(21,14-7-3-2-4-8-14)11-19-16(20)13-6-5-9-15(18)10-13/h2-10,21H,11-12H2,1H3,(H,19,20)/t17-/m1/s1. The molecule has 0 aliphatic rings. The first-order chi connectivity index (χ1) is 10.5. The van der Waals surface area contributed by atoms with E-state index in [1.54, 1.807) is 36.4 Å². The lowest BCUT2D eigenvalue weighted by atomic mass is 9.94. The van der Waals surface area contributed by atoms with Crippen molar-refractivity contribution in [2.45, 2.75) is 5.60 Å². The molecule has 1 atom stereocenters. The molecule has 2 aromatic rings. The minimum Gasteiger partial charge on any atom is -0.381 e. The first-order valence-electron chi connectivity index (χ1n) is 6.86. The number of nitrogens with one attached hydrogen (secondary N) is 1. The van der Waals surface area contributed by atoms with Gasteiger partial charge in [0.25, 0.3) is 5.91 Å². The molecule has 5 heteroatoms. The summed E-state index contributed by atoms with van der Waals surface area (Å²) in [6, 6.07) is 15.8. The zero-order valence-corrected chi connectivity index (χ0v) is 13.0. The quantitative estimate of drug-likeness (QED) is 0.860. The molecule has 0 bridgehead atoms. The molecule has 2 N–H and O–H groups in total. The van der Waals surface area contributed by atoms with Gasteiger partial charge in [0.1, 0.15) is 5.60 Å². The fraction of sp³-hybridized carbons (Fsp3) is 0.235. The maximum Gasteiger partial charge on any atom is 0.251 e. The van der Waals surface area contributed by atoms with Crippen LogP contribution in [-0.2, 0) is 10.3 Å². The average molecular weight is 320 g/mol. The predicted molar refractivity (Wildman–Crippen MR) is 86.0 cm³/mol. The number of hydrogen-bond donors (Lipinski definition) is 2. The highest BCUT2D eigenvalue weighted by molar-refractivity contribution is 6.30. The van der Waals surface area contributed by atoms with E-state index in [4.69, 9.17) is 16.3 Å². The van der Waals surface area contributed by atoms with Crippen LogP contribution in [0.5, 0.6) is 0 Å². The normalized spacial score (nSPS) is 13.4. The number of rotatable bonds is 6. The Morgan fingerprint density at radius 3 is 2.59 bits per heavy atom. The lowest BCUT2D eigenvalue weighted by Crippen LogP contribution is -2.44. The number of halogens is 1. The average Bonchev–Trinajstić information content (AvgIpc) is 2.54. The van der Waals surface area contributed by atoms with Crippen molar-refractivity contribution in [3.8, 4) is 0 Å². The summed E-state index contributed by atoms with van der Waals surface area (Å²) < 4.78 is 5.10. The van der Waals surface area contributed by atoms with Gasteiger partial charge in [-0.1, -0.05) is 48.0 Å². The lowest BCUT2D eigenvalue weighted by molar-refractivity contribution is -0.0334. The first-order valence-corrected chi connectivity index (χ1v) is 7.23. The second-order valence-corrected chi connectivity index (χ2v) is 5.46. The van der Waals surface area contributed by atoms with Crippen LogP contribution in [0.2, 0.25) is 5.02 Å². The predicted octanol–water partition coefficient (Wildman–Crippen LogP) is 2.60. The summed E-state index contributed by atoms with van der Waals surface area (Å²) in [7, 11) is 1.51. The smallest absolute Gasteiger partial charge is 0.251 e. The number of carbonyl (C=O) groups is 1. The van der Waals surface area contributed by atoms with E-state index in [1.165, 1.54) is 7.11 Å². The van der Waals surface area contributed by atoms with Crippen molar-refractivity contribution < 1.29 is 14.6 Å². The van der Waals surface area contributed by atoms with Gasteiger partial charge < -0.3 is 15.2 Å². The van der Waals surface area contributed by atoms with E-state index in [0.29, 0.717) is 16.1 Å². The van der Waals surface area contributed by atoms with E-state index in [2.05, 4.69) is 5.32 Å². The Labute approximate surface area is 134 Å². The molecule has 0 aromatic heterocycles. The molecule has 116 valence electrons. The number of hydrogen-bond acceptors (Lipinski definition) is 3. The molecule has 0 spiro atoms. The van der Waals surface area contributed by atoms with Gasteiger partial charge >= 0.3 is 0 Å². The molecule has 0 aliphatic carbocycles. The van der Waals surface area contributed by atoms with Crippen LogP contribution < -0.4 is 5.32 Å². The van der Waals surface area contributed by atoms with Crippen molar-refractivity contribution in [3.63, 3.8) is 0 Å². The number of benzene rings is 2. The van der Waals surface area contributed by atoms with E-state index in [9.17, 15) is 9.90 Å². The van der Waals surface area contributed by atoms with Gasteiger partial charge in [-0.05, 0) is 23.8 Å². The summed E-state index contributed by atoms with van der Waals surface area (Å²) in [5.41, 5.74) is -0.159. The minimum absolute atomic E-state index is 0.0379. The van der Waals surface area contributed by atoms with Crippen LogP contribution in [0.1, 0.15) is 15.9 Å². The van der Waals surface area contributed by atoms with Crippen LogP contribution in [-0.4, -0.2) is 31.3 Å². The number of methoxy groups -OCH3 is 1. The molecule has 2 aromatic carbocycles. The summed E-state index contributed by atoms with van der Waals surface area (Å²) in [6.45, 7) is 0.114. The monoisotopic (exact) mass is 319 g/mol. The maximum absolute atomic E-state index is 12.2. The second kappa shape index (κ2) is 7.40. The molecule has 22 heavy (non-hydrogen) atoms. The van der Waals surface area contributed by atoms with E-state index >= 15 is 0 Å². The number of carbonyl (C=O) groups excluding carboxylic acids is 1. The largest absolute Gasteiger partial charge is 0.381 e. The Morgan fingerprint density at radius 1 is 1.23 bits per heavy atom. The van der Waals surface area contributed by atoms with E-state index in [-0.39, 0.29) is 19.1 Å². The fourth-order valence-electron chi connectivity index (χ4n) is 2.18. The van der Waals surface area contributed by atoms with Gasteiger partial charge in [-0.25, -0.2) is 0 Å². The number of ether oxygens (including phenoxy) is 1. The van der Waals surface area contributed by atoms with Gasteiger partial charge in [0.15, 0.2) is 0 Å². The fourth-order valence-corrected chi connectivity index (χ4v) is 2.37. The van der Waals surface area contributed by atoms with Crippen LogP contribution >= 0.6 is 11.6 Å². The Bertz CT molecular complexity index is 633. The third-order valence-electron chi connectivity index (χ3n) is 3.32. The van der Waals surface area contributed by atoms with Crippen LogP contribution in [0.4, 0.5) is 0 Å². The summed E-state index contributed by atoms with van der Waals surface area (Å²) in [6.07, 6.45) is 0. The highest BCUT2D eigenvalue weighted by atomic mass is 35.5. The number of aliphatic hydroxyl groups is 1. The molecule has 0 unspecified atom stereocenters. The van der Waals surface area contributed by atoms with Crippen molar-refractivity contribution in [3.05, 3.63) is 70.7 Å². The molecule has 0 radical (unpaired) electrons. The topological polar surface area (TPSA) is 58.6 Å². The molecule has 1 amide bonds. The molecule has 0 heterocycles. The van der Waals surface area contributed by atoms with E-state index in [1.807, 2.05) is 18.2 Å². The third-order valence-corrected chi connectivity index (χ3v) is 3.56. The number of amides is 1. The first kappa shape index (κ1) is 16.5. The Kier molecular flexibility index (Phi) is 5.55. The second-order valence-electron chi connectivity index (χ2n) is 5.02. The Hall–Kier alpha value is -1.88. The molecule has 0 aliphatic heterocycles. The van der Waals surface area contributed by atoms with Crippen LogP contribution in [0.15, 0.2) is 54.6 Å². The Morgan fingerprint density at radius 2 is 1.95 bits per heavy atom. The van der Waals surface area contributed by atoms with Gasteiger partial charge in [0, 0.05) is 17.7 Å². The summed E-state index contributed by atoms with van der Waals surface area (Å²) in [5.74, 6) is -0.298. The van der Waals surface area contributed by atoms with Crippen molar-refractivity contribution in [1.82, 2.24) is 5.32 Å². The molecule has 2 rings (SSSR count). The van der Waals surface area contributed by atoms with Gasteiger partial charge in [0.2, 0.25) is 0 Å². The zero-order valence-electron chi connectivity index (χ0n) is 12.3. The van der Waals surface area contributed by atoms with Crippen molar-refractivity contribution >= 4 is 17.5 Å². The molecule has 4 nitrogen and oxygen atoms in total. The van der Waals surface area contributed by atoms with Crippen LogP contribution in [0.25, 0.3) is 0 Å². The molecule has 0 saturated carbocycles. The van der Waals surface area contributed by atoms with Gasteiger partial charge in [0.05, 0.1) is 13.2 Å². The molecule has 0 fully saturated rings. The summed E-state index contributed by atoms with van der Waals surface area (Å²) in [4.78, 5) is 12.2. The maximum atomic E-state index is 12.2. The van der Waals surface area contributed by atoms with Crippen molar-refractivity contribution in [2.75, 3.05) is 20.3 Å². The SMILES string of the molecule is COC[C@](O)(CNC(=O)c1cccc(Cl)c1)c1ccccc1. The van der Waals surface area contributed by atoms with Gasteiger partial charge in [-0.15, -0.1) is 0 Å². The minimum atomic E-state index is -1.29. The van der Waals surface area contributed by atoms with Gasteiger partial charge in [-0.3, -0.25) is 4.79 Å². The van der Waals surface area contributed by atoms with Gasteiger partial charge in [-0.2, -0.15) is 0 Å². The molecular weight excluding hydrogens is 302 g/mol. The third kappa shape index (κ3) is 4.07. The summed E-state index contributed by atoms with van der Waals surface area (Å²) in [5, 5.41) is 14.0. The van der Waals surface area contributed by atoms with E-state index in [0.717, 1.165) is 0 Å². The highest BCUT2D eigenvalue weighted by Gasteiger charge is 2.30. The molecule has 0 saturated heterocycles. The lowest BCUT2D eigenvalue weighted by Gasteiger charge is -2.28. The summed E-state index contributed by atoms with van der Waals surface area (Å²) >= 11 is 5.88. The highest BCUT2D eigenvalue weighted by Crippen LogP contribution is 2.21. The van der Waals surface area contributed by atoms with E-state index < -0.39 is 5.60 Å². The van der Waals surface area contributed by atoms with Crippen molar-refractivity contribution in [2.24, 2.45) is 0 Å².